The second-order valence-corrected chi connectivity index (χ2v) is 8.06. The van der Waals surface area contributed by atoms with E-state index in [1.54, 1.807) is 19.1 Å². The molecule has 2 N–H and O–H groups in total. The van der Waals surface area contributed by atoms with Crippen LogP contribution in [0.3, 0.4) is 0 Å². The Morgan fingerprint density at radius 1 is 1.42 bits per heavy atom. The molecule has 1 atom stereocenters. The van der Waals surface area contributed by atoms with Crippen LogP contribution in [0.25, 0.3) is 0 Å². The zero-order valence-electron chi connectivity index (χ0n) is 11.1. The van der Waals surface area contributed by atoms with Crippen molar-refractivity contribution in [3.63, 3.8) is 0 Å². The average molecular weight is 347 g/mol. The van der Waals surface area contributed by atoms with Crippen LogP contribution in [0.4, 0.5) is 5.69 Å². The van der Waals surface area contributed by atoms with Crippen LogP contribution in [0, 0.1) is 6.92 Å². The Labute approximate surface area is 123 Å². The van der Waals surface area contributed by atoms with Gasteiger partial charge in [-0.2, -0.15) is 0 Å². The minimum absolute atomic E-state index is 0.451. The molecule has 2 rings (SSSR count). The van der Waals surface area contributed by atoms with E-state index in [2.05, 4.69) is 26.0 Å². The van der Waals surface area contributed by atoms with Crippen LogP contribution in [0.1, 0.15) is 25.3 Å². The van der Waals surface area contributed by atoms with Gasteiger partial charge in [-0.25, -0.2) is 8.42 Å². The topological polar surface area (TPSA) is 58.2 Å². The number of benzene rings is 1. The third-order valence-electron chi connectivity index (χ3n) is 3.23. The number of aryl methyl sites for hydroxylation is 1. The maximum Gasteiger partial charge on any atom is 0.236 e. The summed E-state index contributed by atoms with van der Waals surface area (Å²) in [5, 5.41) is 2.79. The average Bonchev–Trinajstić information content (AvgIpc) is 3.14. The minimum atomic E-state index is -3.34. The summed E-state index contributed by atoms with van der Waals surface area (Å²) in [5.74, 6) is 0. The SMILES string of the molecule is Cc1ccc(NS(=O)(=O)C(C)CNC2CC2)cc1Br. The first kappa shape index (κ1) is 14.8. The van der Waals surface area contributed by atoms with Crippen molar-refractivity contribution in [3.8, 4) is 0 Å². The molecule has 106 valence electrons. The Morgan fingerprint density at radius 3 is 2.68 bits per heavy atom. The van der Waals surface area contributed by atoms with Crippen molar-refractivity contribution in [3.05, 3.63) is 28.2 Å². The molecule has 0 aromatic heterocycles. The molecule has 1 aromatic carbocycles. The van der Waals surface area contributed by atoms with Gasteiger partial charge in [0, 0.05) is 22.7 Å². The van der Waals surface area contributed by atoms with Gasteiger partial charge in [-0.05, 0) is 44.4 Å². The maximum atomic E-state index is 12.2. The molecule has 0 aliphatic heterocycles. The van der Waals surface area contributed by atoms with Crippen LogP contribution in [0.2, 0.25) is 0 Å². The smallest absolute Gasteiger partial charge is 0.236 e. The number of anilines is 1. The minimum Gasteiger partial charge on any atom is -0.313 e. The zero-order chi connectivity index (χ0) is 14.0. The molecule has 4 nitrogen and oxygen atoms in total. The van der Waals surface area contributed by atoms with Gasteiger partial charge in [-0.1, -0.05) is 22.0 Å². The van der Waals surface area contributed by atoms with E-state index in [4.69, 9.17) is 0 Å². The molecule has 6 heteroatoms. The van der Waals surface area contributed by atoms with Crippen LogP contribution in [0.5, 0.6) is 0 Å². The summed E-state index contributed by atoms with van der Waals surface area (Å²) in [6, 6.07) is 5.97. The van der Waals surface area contributed by atoms with Crippen molar-refractivity contribution in [2.45, 2.75) is 38.0 Å². The summed E-state index contributed by atoms with van der Waals surface area (Å²) in [7, 11) is -3.34. The lowest BCUT2D eigenvalue weighted by atomic mass is 10.2. The Balaban J connectivity index is 2.00. The van der Waals surface area contributed by atoms with Gasteiger partial charge in [0.25, 0.3) is 0 Å². The Kier molecular flexibility index (Phi) is 4.53. The highest BCUT2D eigenvalue weighted by Crippen LogP contribution is 2.22. The van der Waals surface area contributed by atoms with E-state index in [0.29, 0.717) is 18.3 Å². The van der Waals surface area contributed by atoms with Gasteiger partial charge in [-0.15, -0.1) is 0 Å². The van der Waals surface area contributed by atoms with E-state index >= 15 is 0 Å². The first-order chi connectivity index (χ1) is 8.88. The molecule has 1 fully saturated rings. The molecular formula is C13H19BrN2O2S. The number of hydrogen-bond donors (Lipinski definition) is 2. The fourth-order valence-corrected chi connectivity index (χ4v) is 3.00. The van der Waals surface area contributed by atoms with E-state index in [1.807, 2.05) is 13.0 Å². The lowest BCUT2D eigenvalue weighted by Crippen LogP contribution is -2.35. The summed E-state index contributed by atoms with van der Waals surface area (Å²) >= 11 is 3.40. The van der Waals surface area contributed by atoms with Crippen LogP contribution in [-0.2, 0) is 10.0 Å². The Bertz CT molecular complexity index is 556. The first-order valence-corrected chi connectivity index (χ1v) is 8.73. The third-order valence-corrected chi connectivity index (χ3v) is 5.83. The Hall–Kier alpha value is -0.590. The van der Waals surface area contributed by atoms with E-state index in [1.165, 1.54) is 0 Å². The number of halogens is 1. The van der Waals surface area contributed by atoms with Gasteiger partial charge < -0.3 is 5.32 Å². The monoisotopic (exact) mass is 346 g/mol. The van der Waals surface area contributed by atoms with Crippen LogP contribution in [0.15, 0.2) is 22.7 Å². The van der Waals surface area contributed by atoms with Gasteiger partial charge >= 0.3 is 0 Å². The van der Waals surface area contributed by atoms with E-state index < -0.39 is 15.3 Å². The number of hydrogen-bond acceptors (Lipinski definition) is 3. The highest BCUT2D eigenvalue weighted by molar-refractivity contribution is 9.10. The first-order valence-electron chi connectivity index (χ1n) is 6.39. The molecule has 0 saturated heterocycles. The predicted molar refractivity (Wildman–Crippen MR) is 81.9 cm³/mol. The van der Waals surface area contributed by atoms with Crippen LogP contribution in [-0.4, -0.2) is 26.3 Å². The van der Waals surface area contributed by atoms with Crippen LogP contribution >= 0.6 is 15.9 Å². The summed E-state index contributed by atoms with van der Waals surface area (Å²) in [5.41, 5.74) is 1.67. The molecule has 1 aliphatic rings. The molecule has 19 heavy (non-hydrogen) atoms. The lowest BCUT2D eigenvalue weighted by molar-refractivity contribution is 0.576. The zero-order valence-corrected chi connectivity index (χ0v) is 13.5. The van der Waals surface area contributed by atoms with Gasteiger partial charge in [0.15, 0.2) is 0 Å². The molecule has 1 saturated carbocycles. The number of nitrogens with one attached hydrogen (secondary N) is 2. The molecule has 0 heterocycles. The quantitative estimate of drug-likeness (QED) is 0.832. The Morgan fingerprint density at radius 2 is 2.11 bits per heavy atom. The molecule has 0 amide bonds. The summed E-state index contributed by atoms with van der Waals surface area (Å²) < 4.78 is 27.9. The molecule has 0 bridgehead atoms. The molecule has 1 aliphatic carbocycles. The molecule has 0 spiro atoms. The van der Waals surface area contributed by atoms with Gasteiger partial charge in [0.2, 0.25) is 10.0 Å². The summed E-state index contributed by atoms with van der Waals surface area (Å²) in [6.45, 7) is 4.18. The van der Waals surface area contributed by atoms with Crippen molar-refractivity contribution < 1.29 is 8.42 Å². The predicted octanol–water partition coefficient (Wildman–Crippen LogP) is 2.64. The van der Waals surface area contributed by atoms with Crippen molar-refractivity contribution in [1.29, 1.82) is 0 Å². The normalized spacial score (nSPS) is 17.2. The standard InChI is InChI=1S/C13H19BrN2O2S/c1-9-3-4-12(7-13(9)14)16-19(17,18)10(2)8-15-11-5-6-11/h3-4,7,10-11,15-16H,5-6,8H2,1-2H3. The number of rotatable bonds is 6. The highest BCUT2D eigenvalue weighted by Gasteiger charge is 2.25. The molecule has 1 unspecified atom stereocenters. The van der Waals surface area contributed by atoms with E-state index in [9.17, 15) is 8.42 Å². The molecular weight excluding hydrogens is 328 g/mol. The third kappa shape index (κ3) is 4.19. The van der Waals surface area contributed by atoms with Crippen molar-refractivity contribution in [2.75, 3.05) is 11.3 Å². The number of sulfonamides is 1. The second-order valence-electron chi connectivity index (χ2n) is 5.10. The van der Waals surface area contributed by atoms with Gasteiger partial charge in [0.05, 0.1) is 5.25 Å². The largest absolute Gasteiger partial charge is 0.313 e. The van der Waals surface area contributed by atoms with E-state index in [0.717, 1.165) is 22.9 Å². The van der Waals surface area contributed by atoms with E-state index in [-0.39, 0.29) is 0 Å². The molecule has 1 aromatic rings. The van der Waals surface area contributed by atoms with Crippen molar-refractivity contribution >= 4 is 31.6 Å². The fraction of sp³-hybridized carbons (Fsp3) is 0.538. The second kappa shape index (κ2) is 5.81. The highest BCUT2D eigenvalue weighted by atomic mass is 79.9. The lowest BCUT2D eigenvalue weighted by Gasteiger charge is -2.15. The van der Waals surface area contributed by atoms with Gasteiger partial charge in [0.1, 0.15) is 0 Å². The van der Waals surface area contributed by atoms with Gasteiger partial charge in [-0.3, -0.25) is 4.72 Å². The van der Waals surface area contributed by atoms with Crippen molar-refractivity contribution in [2.24, 2.45) is 0 Å². The summed E-state index contributed by atoms with van der Waals surface area (Å²) in [6.07, 6.45) is 2.32. The maximum absolute atomic E-state index is 12.2. The fourth-order valence-electron chi connectivity index (χ4n) is 1.65. The summed E-state index contributed by atoms with van der Waals surface area (Å²) in [4.78, 5) is 0. The molecule has 0 radical (unpaired) electrons. The van der Waals surface area contributed by atoms with Crippen LogP contribution < -0.4 is 10.0 Å². The van der Waals surface area contributed by atoms with Crippen molar-refractivity contribution in [1.82, 2.24) is 5.32 Å².